The number of nitrogens with zero attached hydrogens (tertiary/aromatic N) is 5. The van der Waals surface area contributed by atoms with Crippen molar-refractivity contribution < 1.29 is 0 Å². The minimum Gasteiger partial charge on any atom is -0.363 e. The second kappa shape index (κ2) is 7.03. The lowest BCUT2D eigenvalue weighted by Crippen LogP contribution is -2.33. The van der Waals surface area contributed by atoms with Gasteiger partial charge in [-0.1, -0.05) is 29.8 Å². The van der Waals surface area contributed by atoms with Gasteiger partial charge in [-0.25, -0.2) is 4.98 Å². The Kier molecular flexibility index (Phi) is 4.43. The van der Waals surface area contributed by atoms with Gasteiger partial charge in [0, 0.05) is 32.0 Å². The SMILES string of the molecule is Cc1cccc(CN2CCn3nc(CNc4cnccn4)cc3C2)c1. The predicted molar refractivity (Wildman–Crippen MR) is 96.9 cm³/mol. The molecule has 0 saturated carbocycles. The minimum atomic E-state index is 0.663. The summed E-state index contributed by atoms with van der Waals surface area (Å²) in [5.41, 5.74) is 5.00. The molecule has 0 amide bonds. The third kappa shape index (κ3) is 3.85. The summed E-state index contributed by atoms with van der Waals surface area (Å²) in [6, 6.07) is 10.9. The molecule has 2 aromatic heterocycles. The summed E-state index contributed by atoms with van der Waals surface area (Å²) in [5.74, 6) is 0.773. The van der Waals surface area contributed by atoms with Crippen LogP contribution in [0.15, 0.2) is 48.9 Å². The van der Waals surface area contributed by atoms with E-state index in [9.17, 15) is 0 Å². The van der Waals surface area contributed by atoms with E-state index in [4.69, 9.17) is 5.10 Å². The Morgan fingerprint density at radius 1 is 1.16 bits per heavy atom. The zero-order valence-corrected chi connectivity index (χ0v) is 14.4. The topological polar surface area (TPSA) is 58.9 Å². The monoisotopic (exact) mass is 334 g/mol. The third-order valence-corrected chi connectivity index (χ3v) is 4.43. The number of hydrogen-bond acceptors (Lipinski definition) is 5. The Morgan fingerprint density at radius 3 is 2.96 bits per heavy atom. The standard InChI is InChI=1S/C19H22N6/c1-15-3-2-4-16(9-15)13-24-7-8-25-18(14-24)10-17(23-25)11-22-19-12-20-5-6-21-19/h2-6,9-10,12H,7-8,11,13-14H2,1H3,(H,21,22). The first-order chi connectivity index (χ1) is 12.3. The van der Waals surface area contributed by atoms with Gasteiger partial charge in [0.1, 0.15) is 5.82 Å². The van der Waals surface area contributed by atoms with Gasteiger partial charge in [0.25, 0.3) is 0 Å². The number of rotatable bonds is 5. The van der Waals surface area contributed by atoms with E-state index in [0.717, 1.165) is 37.7 Å². The fourth-order valence-corrected chi connectivity index (χ4v) is 3.24. The third-order valence-electron chi connectivity index (χ3n) is 4.43. The van der Waals surface area contributed by atoms with E-state index in [1.165, 1.54) is 16.8 Å². The summed E-state index contributed by atoms with van der Waals surface area (Å²) >= 11 is 0. The molecule has 0 unspecified atom stereocenters. The molecule has 0 bridgehead atoms. The molecule has 0 atom stereocenters. The van der Waals surface area contributed by atoms with Gasteiger partial charge in [-0.05, 0) is 18.6 Å². The van der Waals surface area contributed by atoms with Crippen LogP contribution in [0.1, 0.15) is 22.5 Å². The van der Waals surface area contributed by atoms with Crippen LogP contribution in [0.5, 0.6) is 0 Å². The number of hydrogen-bond donors (Lipinski definition) is 1. The van der Waals surface area contributed by atoms with Crippen LogP contribution in [0.3, 0.4) is 0 Å². The van der Waals surface area contributed by atoms with Crippen LogP contribution in [-0.4, -0.2) is 31.2 Å². The largest absolute Gasteiger partial charge is 0.363 e. The normalized spacial score (nSPS) is 14.3. The molecule has 0 fully saturated rings. The number of nitrogens with one attached hydrogen (secondary N) is 1. The summed E-state index contributed by atoms with van der Waals surface area (Å²) in [6.07, 6.45) is 5.08. The van der Waals surface area contributed by atoms with E-state index in [1.54, 1.807) is 18.6 Å². The molecule has 128 valence electrons. The zero-order valence-electron chi connectivity index (χ0n) is 14.4. The average Bonchev–Trinajstić information content (AvgIpc) is 3.03. The lowest BCUT2D eigenvalue weighted by atomic mass is 10.1. The number of anilines is 1. The van der Waals surface area contributed by atoms with Crippen LogP contribution in [0, 0.1) is 6.92 Å². The Labute approximate surface area is 147 Å². The van der Waals surface area contributed by atoms with Crippen molar-refractivity contribution in [2.75, 3.05) is 11.9 Å². The van der Waals surface area contributed by atoms with Gasteiger partial charge >= 0.3 is 0 Å². The number of aryl methyl sites for hydroxylation is 1. The summed E-state index contributed by atoms with van der Waals surface area (Å²) in [7, 11) is 0. The molecule has 25 heavy (non-hydrogen) atoms. The first-order valence-corrected chi connectivity index (χ1v) is 8.60. The predicted octanol–water partition coefficient (Wildman–Crippen LogP) is 2.61. The summed E-state index contributed by atoms with van der Waals surface area (Å²) in [5, 5.41) is 7.97. The van der Waals surface area contributed by atoms with Crippen molar-refractivity contribution in [3.05, 3.63) is 71.4 Å². The van der Waals surface area contributed by atoms with Crippen molar-refractivity contribution in [1.82, 2.24) is 24.6 Å². The van der Waals surface area contributed by atoms with Crippen molar-refractivity contribution in [3.63, 3.8) is 0 Å². The van der Waals surface area contributed by atoms with E-state index in [1.807, 2.05) is 0 Å². The van der Waals surface area contributed by atoms with Crippen molar-refractivity contribution >= 4 is 5.82 Å². The second-order valence-corrected chi connectivity index (χ2v) is 6.49. The molecule has 1 N–H and O–H groups in total. The molecule has 1 aliphatic heterocycles. The van der Waals surface area contributed by atoms with Gasteiger partial charge in [0.2, 0.25) is 0 Å². The zero-order chi connectivity index (χ0) is 17.1. The highest BCUT2D eigenvalue weighted by molar-refractivity contribution is 5.31. The second-order valence-electron chi connectivity index (χ2n) is 6.49. The van der Waals surface area contributed by atoms with Gasteiger partial charge in [0.15, 0.2) is 0 Å². The molecular formula is C19H22N6. The van der Waals surface area contributed by atoms with Crippen molar-refractivity contribution in [3.8, 4) is 0 Å². The maximum absolute atomic E-state index is 4.70. The molecular weight excluding hydrogens is 312 g/mol. The molecule has 0 radical (unpaired) electrons. The fraction of sp³-hybridized carbons (Fsp3) is 0.316. The Balaban J connectivity index is 1.39. The lowest BCUT2D eigenvalue weighted by Gasteiger charge is -2.27. The molecule has 1 aliphatic rings. The molecule has 1 aromatic carbocycles. The lowest BCUT2D eigenvalue weighted by molar-refractivity contribution is 0.205. The highest BCUT2D eigenvalue weighted by atomic mass is 15.3. The van der Waals surface area contributed by atoms with Crippen LogP contribution in [0.2, 0.25) is 0 Å². The summed E-state index contributed by atoms with van der Waals surface area (Å²) in [6.45, 7) is 6.69. The molecule has 6 nitrogen and oxygen atoms in total. The maximum Gasteiger partial charge on any atom is 0.144 e. The average molecular weight is 334 g/mol. The first-order valence-electron chi connectivity index (χ1n) is 8.60. The summed E-state index contributed by atoms with van der Waals surface area (Å²) < 4.78 is 2.13. The van der Waals surface area contributed by atoms with E-state index in [2.05, 4.69) is 62.1 Å². The van der Waals surface area contributed by atoms with Gasteiger partial charge in [-0.3, -0.25) is 14.6 Å². The first kappa shape index (κ1) is 15.8. The van der Waals surface area contributed by atoms with E-state index in [-0.39, 0.29) is 0 Å². The van der Waals surface area contributed by atoms with Crippen molar-refractivity contribution in [2.45, 2.75) is 33.1 Å². The van der Waals surface area contributed by atoms with Crippen LogP contribution in [0.25, 0.3) is 0 Å². The molecule has 6 heteroatoms. The van der Waals surface area contributed by atoms with E-state index in [0.29, 0.717) is 6.54 Å². The molecule has 3 heterocycles. The highest BCUT2D eigenvalue weighted by Gasteiger charge is 2.18. The maximum atomic E-state index is 4.70. The van der Waals surface area contributed by atoms with Gasteiger partial charge in [-0.15, -0.1) is 0 Å². The molecule has 0 aliphatic carbocycles. The molecule has 0 spiro atoms. The number of benzene rings is 1. The van der Waals surface area contributed by atoms with Crippen LogP contribution >= 0.6 is 0 Å². The van der Waals surface area contributed by atoms with Crippen LogP contribution in [0.4, 0.5) is 5.82 Å². The smallest absolute Gasteiger partial charge is 0.144 e. The molecule has 3 aromatic rings. The van der Waals surface area contributed by atoms with Gasteiger partial charge in [0.05, 0.1) is 30.7 Å². The number of fused-ring (bicyclic) bond motifs is 1. The Morgan fingerprint density at radius 2 is 2.12 bits per heavy atom. The van der Waals surface area contributed by atoms with Crippen molar-refractivity contribution in [1.29, 1.82) is 0 Å². The highest BCUT2D eigenvalue weighted by Crippen LogP contribution is 2.17. The molecule has 4 rings (SSSR count). The van der Waals surface area contributed by atoms with E-state index >= 15 is 0 Å². The summed E-state index contributed by atoms with van der Waals surface area (Å²) in [4.78, 5) is 10.8. The molecule has 0 saturated heterocycles. The Bertz CT molecular complexity index is 842. The van der Waals surface area contributed by atoms with Crippen LogP contribution < -0.4 is 5.32 Å². The van der Waals surface area contributed by atoms with Gasteiger partial charge < -0.3 is 5.32 Å². The quantitative estimate of drug-likeness (QED) is 0.777. The minimum absolute atomic E-state index is 0.663. The van der Waals surface area contributed by atoms with Crippen molar-refractivity contribution in [2.24, 2.45) is 0 Å². The fourth-order valence-electron chi connectivity index (χ4n) is 3.24. The van der Waals surface area contributed by atoms with Gasteiger partial charge in [-0.2, -0.15) is 5.10 Å². The van der Waals surface area contributed by atoms with E-state index < -0.39 is 0 Å². The number of aromatic nitrogens is 4. The van der Waals surface area contributed by atoms with Crippen LogP contribution in [-0.2, 0) is 26.2 Å². The Hall–Kier alpha value is -2.73.